The molecule has 142 valence electrons. The van der Waals surface area contributed by atoms with Crippen LogP contribution in [0.15, 0.2) is 29.1 Å². The summed E-state index contributed by atoms with van der Waals surface area (Å²) in [6.07, 6.45) is 4.28. The van der Waals surface area contributed by atoms with Crippen LogP contribution in [0.1, 0.15) is 5.56 Å². The summed E-state index contributed by atoms with van der Waals surface area (Å²) in [6.45, 7) is -0.830. The number of benzene rings is 1. The van der Waals surface area contributed by atoms with Gasteiger partial charge in [-0.1, -0.05) is 0 Å². The fraction of sp³-hybridized carbons (Fsp3) is 0.133. The van der Waals surface area contributed by atoms with Gasteiger partial charge in [0.2, 0.25) is 11.7 Å². The van der Waals surface area contributed by atoms with E-state index < -0.39 is 47.1 Å². The van der Waals surface area contributed by atoms with Crippen LogP contribution in [-0.4, -0.2) is 25.5 Å². The van der Waals surface area contributed by atoms with Crippen molar-refractivity contribution in [1.29, 1.82) is 0 Å². The number of amides is 1. The molecule has 0 bridgehead atoms. The maximum atomic E-state index is 13.7. The van der Waals surface area contributed by atoms with E-state index in [1.807, 2.05) is 0 Å². The molecule has 0 fully saturated rings. The van der Waals surface area contributed by atoms with E-state index in [-0.39, 0.29) is 12.4 Å². The molecule has 0 saturated heterocycles. The number of hydrogen-bond donors (Lipinski definition) is 1. The van der Waals surface area contributed by atoms with E-state index in [0.717, 1.165) is 4.68 Å². The Morgan fingerprint density at radius 2 is 1.67 bits per heavy atom. The van der Waals surface area contributed by atoms with Crippen molar-refractivity contribution in [2.45, 2.75) is 13.1 Å². The van der Waals surface area contributed by atoms with Gasteiger partial charge in [-0.3, -0.25) is 14.2 Å². The molecule has 3 aromatic rings. The van der Waals surface area contributed by atoms with Gasteiger partial charge < -0.3 is 5.32 Å². The minimum Gasteiger partial charge on any atom is -0.308 e. The Hall–Kier alpha value is -2.76. The first-order valence-electron chi connectivity index (χ1n) is 7.28. The van der Waals surface area contributed by atoms with Crippen LogP contribution in [-0.2, 0) is 17.9 Å². The van der Waals surface area contributed by atoms with E-state index in [2.05, 4.69) is 31.4 Å². The van der Waals surface area contributed by atoms with Gasteiger partial charge in [0, 0.05) is 18.5 Å². The Bertz CT molecular complexity index is 989. The number of hydrogen-bond acceptors (Lipinski definition) is 3. The van der Waals surface area contributed by atoms with E-state index in [9.17, 15) is 26.7 Å². The van der Waals surface area contributed by atoms with E-state index in [1.54, 1.807) is 6.20 Å². The number of aromatic nitrogens is 4. The molecule has 3 rings (SSSR count). The largest absolute Gasteiger partial charge is 0.308 e. The summed E-state index contributed by atoms with van der Waals surface area (Å²) in [5.74, 6) is -10.6. The molecule has 0 aliphatic rings. The molecule has 12 heteroatoms. The van der Waals surface area contributed by atoms with Crippen molar-refractivity contribution >= 4 is 27.7 Å². The van der Waals surface area contributed by atoms with Crippen molar-refractivity contribution in [3.05, 3.63) is 63.8 Å². The number of nitrogens with zero attached hydrogens (tertiary/aromatic N) is 4. The first kappa shape index (κ1) is 19.0. The molecule has 0 radical (unpaired) electrons. The van der Waals surface area contributed by atoms with Gasteiger partial charge in [0.1, 0.15) is 6.54 Å². The third-order valence-electron chi connectivity index (χ3n) is 3.44. The molecule has 0 atom stereocenters. The molecule has 0 aliphatic carbocycles. The van der Waals surface area contributed by atoms with E-state index in [0.29, 0.717) is 4.47 Å². The van der Waals surface area contributed by atoms with Gasteiger partial charge in [-0.25, -0.2) is 22.0 Å². The molecule has 27 heavy (non-hydrogen) atoms. The average Bonchev–Trinajstić information content (AvgIpc) is 3.24. The smallest absolute Gasteiger partial charge is 0.247 e. The number of anilines is 1. The molecule has 2 aromatic heterocycles. The highest BCUT2D eigenvalue weighted by Gasteiger charge is 2.25. The van der Waals surface area contributed by atoms with Crippen molar-refractivity contribution in [2.75, 3.05) is 5.32 Å². The molecule has 1 aromatic carbocycles. The Morgan fingerprint density at radius 1 is 1.04 bits per heavy atom. The molecule has 1 N–H and O–H groups in total. The number of halogens is 6. The summed E-state index contributed by atoms with van der Waals surface area (Å²) in [4.78, 5) is 11.9. The summed E-state index contributed by atoms with van der Waals surface area (Å²) in [7, 11) is 0. The lowest BCUT2D eigenvalue weighted by atomic mass is 10.1. The summed E-state index contributed by atoms with van der Waals surface area (Å²) in [5, 5.41) is 10.2. The highest BCUT2D eigenvalue weighted by Crippen LogP contribution is 2.23. The fourth-order valence-corrected chi connectivity index (χ4v) is 2.55. The van der Waals surface area contributed by atoms with Gasteiger partial charge in [0.05, 0.1) is 22.8 Å². The summed E-state index contributed by atoms with van der Waals surface area (Å²) >= 11 is 3.18. The fourth-order valence-electron chi connectivity index (χ4n) is 2.22. The van der Waals surface area contributed by atoms with E-state index in [4.69, 9.17) is 0 Å². The average molecular weight is 450 g/mol. The van der Waals surface area contributed by atoms with Crippen LogP contribution in [0.25, 0.3) is 0 Å². The van der Waals surface area contributed by atoms with Crippen molar-refractivity contribution in [1.82, 2.24) is 19.6 Å². The molecule has 6 nitrogen and oxygen atoms in total. The van der Waals surface area contributed by atoms with Crippen LogP contribution in [0.2, 0.25) is 0 Å². The molecule has 0 saturated carbocycles. The topological polar surface area (TPSA) is 64.7 Å². The predicted octanol–water partition coefficient (Wildman–Crippen LogP) is 3.22. The monoisotopic (exact) mass is 449 g/mol. The Morgan fingerprint density at radius 3 is 2.26 bits per heavy atom. The third-order valence-corrected chi connectivity index (χ3v) is 3.85. The summed E-state index contributed by atoms with van der Waals surface area (Å²) < 4.78 is 69.9. The quantitative estimate of drug-likeness (QED) is 0.369. The van der Waals surface area contributed by atoms with Crippen LogP contribution in [0.4, 0.5) is 27.8 Å². The maximum Gasteiger partial charge on any atom is 0.247 e. The second-order valence-corrected chi connectivity index (χ2v) is 6.27. The van der Waals surface area contributed by atoms with E-state index >= 15 is 0 Å². The molecule has 0 spiro atoms. The lowest BCUT2D eigenvalue weighted by molar-refractivity contribution is -0.116. The van der Waals surface area contributed by atoms with Gasteiger partial charge in [0.15, 0.2) is 29.1 Å². The number of rotatable bonds is 5. The molecule has 0 aliphatic heterocycles. The molecular weight excluding hydrogens is 441 g/mol. The Balaban J connectivity index is 1.72. The highest BCUT2D eigenvalue weighted by molar-refractivity contribution is 9.10. The minimum atomic E-state index is -2.23. The van der Waals surface area contributed by atoms with Crippen LogP contribution in [0.5, 0.6) is 0 Å². The van der Waals surface area contributed by atoms with Gasteiger partial charge in [-0.05, 0) is 15.9 Å². The second-order valence-electron chi connectivity index (χ2n) is 5.35. The molecule has 0 unspecified atom stereocenters. The standard InChI is InChI=1S/C15H9BrF5N5O/c16-7-3-22-26(4-7)6-10(27)23-9-1-2-25(24-9)5-8-11(17)13(19)15(21)14(20)12(8)18/h1-4H,5-6H2,(H,23,24,27). The zero-order valence-corrected chi connectivity index (χ0v) is 14.8. The number of nitrogens with one attached hydrogen (secondary N) is 1. The van der Waals surface area contributed by atoms with E-state index in [1.165, 1.54) is 23.1 Å². The summed E-state index contributed by atoms with van der Waals surface area (Å²) in [6, 6.07) is 1.31. The van der Waals surface area contributed by atoms with Crippen LogP contribution in [0, 0.1) is 29.1 Å². The van der Waals surface area contributed by atoms with Crippen molar-refractivity contribution in [3.63, 3.8) is 0 Å². The lowest BCUT2D eigenvalue weighted by Gasteiger charge is -2.08. The molecule has 1 amide bonds. The minimum absolute atomic E-state index is 0.0371. The van der Waals surface area contributed by atoms with Crippen molar-refractivity contribution in [2.24, 2.45) is 0 Å². The predicted molar refractivity (Wildman–Crippen MR) is 86.1 cm³/mol. The lowest BCUT2D eigenvalue weighted by Crippen LogP contribution is -2.19. The van der Waals surface area contributed by atoms with Crippen molar-refractivity contribution in [3.8, 4) is 0 Å². The van der Waals surface area contributed by atoms with Crippen molar-refractivity contribution < 1.29 is 26.7 Å². The van der Waals surface area contributed by atoms with Gasteiger partial charge in [-0.15, -0.1) is 0 Å². The zero-order chi connectivity index (χ0) is 19.7. The van der Waals surface area contributed by atoms with Crippen LogP contribution in [0.3, 0.4) is 0 Å². The Kier molecular flexibility index (Phi) is 5.26. The number of carbonyl (C=O) groups is 1. The first-order chi connectivity index (χ1) is 12.8. The van der Waals surface area contributed by atoms with Gasteiger partial charge in [0.25, 0.3) is 0 Å². The maximum absolute atomic E-state index is 13.7. The van der Waals surface area contributed by atoms with Crippen LogP contribution >= 0.6 is 15.9 Å². The Labute approximate surface area is 156 Å². The van der Waals surface area contributed by atoms with Gasteiger partial charge in [-0.2, -0.15) is 10.2 Å². The number of carbonyl (C=O) groups excluding carboxylic acids is 1. The molecular formula is C15H9BrF5N5O. The zero-order valence-electron chi connectivity index (χ0n) is 13.2. The first-order valence-corrected chi connectivity index (χ1v) is 8.07. The normalized spacial score (nSPS) is 11.0. The van der Waals surface area contributed by atoms with Crippen LogP contribution < -0.4 is 5.32 Å². The highest BCUT2D eigenvalue weighted by atomic mass is 79.9. The second kappa shape index (κ2) is 7.47. The van der Waals surface area contributed by atoms with Gasteiger partial charge >= 0.3 is 0 Å². The SMILES string of the molecule is O=C(Cn1cc(Br)cn1)Nc1ccn(Cc2c(F)c(F)c(F)c(F)c2F)n1. The molecule has 2 heterocycles. The summed E-state index contributed by atoms with van der Waals surface area (Å²) in [5.41, 5.74) is -1.03. The third kappa shape index (κ3) is 3.99.